The summed E-state index contributed by atoms with van der Waals surface area (Å²) in [5, 5.41) is 0. The Morgan fingerprint density at radius 3 is 0.884 bits per heavy atom. The van der Waals surface area contributed by atoms with Crippen LogP contribution < -0.4 is 0 Å². The largest absolute Gasteiger partial charge is 0.462 e. The number of rotatable bonds is 55. The van der Waals surface area contributed by atoms with Crippen LogP contribution in [0.2, 0.25) is 0 Å². The summed E-state index contributed by atoms with van der Waals surface area (Å²) in [6.45, 7) is 6.54. The van der Waals surface area contributed by atoms with Crippen molar-refractivity contribution in [1.29, 1.82) is 0 Å². The Kier molecular flexibility index (Phi) is 55.7. The first kappa shape index (κ1) is 66.4. The van der Waals surface area contributed by atoms with E-state index in [-0.39, 0.29) is 31.1 Å². The van der Waals surface area contributed by atoms with E-state index < -0.39 is 6.10 Å². The van der Waals surface area contributed by atoms with E-state index in [0.29, 0.717) is 19.3 Å². The van der Waals surface area contributed by atoms with E-state index in [1.54, 1.807) is 0 Å². The van der Waals surface area contributed by atoms with Crippen molar-refractivity contribution in [3.8, 4) is 0 Å². The fourth-order valence-electron chi connectivity index (χ4n) is 8.85. The van der Waals surface area contributed by atoms with Crippen molar-refractivity contribution in [1.82, 2.24) is 0 Å². The first-order chi connectivity index (χ1) is 34.0. The molecule has 0 radical (unpaired) electrons. The summed E-state index contributed by atoms with van der Waals surface area (Å²) >= 11 is 0. The standard InChI is InChI=1S/C63H114O6/c1-4-7-10-13-16-19-21-23-25-27-29-31-32-33-35-36-38-40-42-44-47-50-53-56-62(65)68-59-60(58-67-61(64)55-52-49-46-18-15-12-9-6-3)69-63(66)57-54-51-48-45-43-41-39-37-34-30-28-26-24-22-20-17-14-11-8-5-2/h7,10,16,19,23,25,29,31,60H,4-6,8-9,11-15,17-18,20-22,24,26-28,30,32-59H2,1-3H3/b10-7-,19-16-,25-23-,31-29-. The van der Waals surface area contributed by atoms with Gasteiger partial charge in [0.15, 0.2) is 6.10 Å². The Morgan fingerprint density at radius 2 is 0.565 bits per heavy atom. The lowest BCUT2D eigenvalue weighted by molar-refractivity contribution is -0.167. The normalized spacial score (nSPS) is 12.3. The van der Waals surface area contributed by atoms with E-state index in [4.69, 9.17) is 14.2 Å². The zero-order chi connectivity index (χ0) is 50.0. The van der Waals surface area contributed by atoms with Gasteiger partial charge in [-0.2, -0.15) is 0 Å². The number of esters is 3. The third-order valence-electron chi connectivity index (χ3n) is 13.3. The minimum atomic E-state index is -0.770. The van der Waals surface area contributed by atoms with Gasteiger partial charge in [-0.05, 0) is 57.8 Å². The predicted molar refractivity (Wildman–Crippen MR) is 298 cm³/mol. The topological polar surface area (TPSA) is 78.9 Å². The van der Waals surface area contributed by atoms with E-state index in [0.717, 1.165) is 83.5 Å². The molecule has 0 N–H and O–H groups in total. The van der Waals surface area contributed by atoms with Gasteiger partial charge in [0.1, 0.15) is 13.2 Å². The highest BCUT2D eigenvalue weighted by atomic mass is 16.6. The van der Waals surface area contributed by atoms with Crippen LogP contribution >= 0.6 is 0 Å². The first-order valence-electron chi connectivity index (χ1n) is 30.1. The van der Waals surface area contributed by atoms with Crippen molar-refractivity contribution in [2.45, 2.75) is 322 Å². The Bertz CT molecular complexity index is 1200. The summed E-state index contributed by atoms with van der Waals surface area (Å²) < 4.78 is 16.8. The van der Waals surface area contributed by atoms with Crippen molar-refractivity contribution in [2.24, 2.45) is 0 Å². The Morgan fingerprint density at radius 1 is 0.304 bits per heavy atom. The second-order valence-corrected chi connectivity index (χ2v) is 20.2. The zero-order valence-corrected chi connectivity index (χ0v) is 46.1. The fraction of sp³-hybridized carbons (Fsp3) is 0.825. The van der Waals surface area contributed by atoms with E-state index in [1.807, 2.05) is 0 Å². The lowest BCUT2D eigenvalue weighted by Crippen LogP contribution is -2.30. The monoisotopic (exact) mass is 967 g/mol. The highest BCUT2D eigenvalue weighted by Crippen LogP contribution is 2.17. The van der Waals surface area contributed by atoms with Gasteiger partial charge >= 0.3 is 17.9 Å². The molecule has 0 saturated carbocycles. The zero-order valence-electron chi connectivity index (χ0n) is 46.1. The van der Waals surface area contributed by atoms with Crippen LogP contribution in [0, 0.1) is 0 Å². The molecule has 0 fully saturated rings. The molecule has 0 spiro atoms. The summed E-state index contributed by atoms with van der Waals surface area (Å²) in [5.74, 6) is -0.861. The molecule has 0 aliphatic carbocycles. The molecular formula is C63H114O6. The Hall–Kier alpha value is -2.63. The van der Waals surface area contributed by atoms with Gasteiger partial charge in [0.05, 0.1) is 0 Å². The van der Waals surface area contributed by atoms with Gasteiger partial charge in [0, 0.05) is 19.3 Å². The molecule has 0 aliphatic heterocycles. The summed E-state index contributed by atoms with van der Waals surface area (Å²) in [4.78, 5) is 38.1. The molecule has 0 aromatic heterocycles. The summed E-state index contributed by atoms with van der Waals surface area (Å²) in [7, 11) is 0. The molecule has 1 atom stereocenters. The van der Waals surface area contributed by atoms with E-state index in [9.17, 15) is 14.4 Å². The van der Waals surface area contributed by atoms with Gasteiger partial charge in [-0.25, -0.2) is 0 Å². The van der Waals surface area contributed by atoms with Gasteiger partial charge in [-0.1, -0.05) is 288 Å². The molecule has 1 unspecified atom stereocenters. The highest BCUT2D eigenvalue weighted by molar-refractivity contribution is 5.71. The van der Waals surface area contributed by atoms with Crippen molar-refractivity contribution >= 4 is 17.9 Å². The number of allylic oxidation sites excluding steroid dienone is 8. The molecule has 0 aromatic carbocycles. The smallest absolute Gasteiger partial charge is 0.306 e. The number of hydrogen-bond donors (Lipinski definition) is 0. The lowest BCUT2D eigenvalue weighted by Gasteiger charge is -2.18. The summed E-state index contributed by atoms with van der Waals surface area (Å²) in [6, 6.07) is 0. The van der Waals surface area contributed by atoms with Crippen LogP contribution in [-0.2, 0) is 28.6 Å². The molecule has 402 valence electrons. The molecule has 0 amide bonds. The van der Waals surface area contributed by atoms with Crippen molar-refractivity contribution < 1.29 is 28.6 Å². The van der Waals surface area contributed by atoms with Crippen molar-refractivity contribution in [2.75, 3.05) is 13.2 Å². The average molecular weight is 968 g/mol. The first-order valence-corrected chi connectivity index (χ1v) is 30.1. The average Bonchev–Trinajstić information content (AvgIpc) is 3.35. The maximum Gasteiger partial charge on any atom is 0.306 e. The number of carbonyl (C=O) groups is 3. The van der Waals surface area contributed by atoms with Gasteiger partial charge in [0.25, 0.3) is 0 Å². The number of carbonyl (C=O) groups excluding carboxylic acids is 3. The van der Waals surface area contributed by atoms with Gasteiger partial charge < -0.3 is 14.2 Å². The van der Waals surface area contributed by atoms with Crippen LogP contribution in [0.5, 0.6) is 0 Å². The van der Waals surface area contributed by atoms with Crippen LogP contribution in [0.4, 0.5) is 0 Å². The summed E-state index contributed by atoms with van der Waals surface area (Å²) in [5.41, 5.74) is 0. The molecule has 6 heteroatoms. The molecule has 6 nitrogen and oxygen atoms in total. The maximum absolute atomic E-state index is 12.8. The molecule has 0 bridgehead atoms. The van der Waals surface area contributed by atoms with Gasteiger partial charge in [0.2, 0.25) is 0 Å². The quantitative estimate of drug-likeness (QED) is 0.0262. The van der Waals surface area contributed by atoms with Crippen LogP contribution in [-0.4, -0.2) is 37.2 Å². The minimum Gasteiger partial charge on any atom is -0.462 e. The second kappa shape index (κ2) is 57.9. The Balaban J connectivity index is 4.18. The van der Waals surface area contributed by atoms with Crippen molar-refractivity contribution in [3.63, 3.8) is 0 Å². The number of unbranched alkanes of at least 4 members (excludes halogenated alkanes) is 36. The van der Waals surface area contributed by atoms with E-state index in [2.05, 4.69) is 69.4 Å². The van der Waals surface area contributed by atoms with E-state index in [1.165, 1.54) is 193 Å². The fourth-order valence-corrected chi connectivity index (χ4v) is 8.85. The Labute approximate surface area is 428 Å². The second-order valence-electron chi connectivity index (χ2n) is 20.2. The molecule has 69 heavy (non-hydrogen) atoms. The summed E-state index contributed by atoms with van der Waals surface area (Å²) in [6.07, 6.45) is 71.2. The third-order valence-corrected chi connectivity index (χ3v) is 13.3. The van der Waals surface area contributed by atoms with Gasteiger partial charge in [-0.15, -0.1) is 0 Å². The molecule has 0 rings (SSSR count). The van der Waals surface area contributed by atoms with Gasteiger partial charge in [-0.3, -0.25) is 14.4 Å². The SMILES string of the molecule is CC/C=C\C/C=C\C/C=C\C/C=C\CCCCCCCCCCCCC(=O)OCC(COC(=O)CCCCCCCCCC)OC(=O)CCCCCCCCCCCCCCCCCCCCCC. The van der Waals surface area contributed by atoms with Crippen LogP contribution in [0.25, 0.3) is 0 Å². The van der Waals surface area contributed by atoms with Crippen LogP contribution in [0.15, 0.2) is 48.6 Å². The molecular weight excluding hydrogens is 853 g/mol. The molecule has 0 saturated heterocycles. The van der Waals surface area contributed by atoms with E-state index >= 15 is 0 Å². The van der Waals surface area contributed by atoms with Crippen molar-refractivity contribution in [3.05, 3.63) is 48.6 Å². The molecule has 0 aromatic rings. The van der Waals surface area contributed by atoms with Crippen LogP contribution in [0.1, 0.15) is 316 Å². The number of ether oxygens (including phenoxy) is 3. The third kappa shape index (κ3) is 56.2. The molecule has 0 heterocycles. The minimum absolute atomic E-state index is 0.0700. The maximum atomic E-state index is 12.8. The molecule has 0 aliphatic rings. The number of hydrogen-bond acceptors (Lipinski definition) is 6. The van der Waals surface area contributed by atoms with Crippen LogP contribution in [0.3, 0.4) is 0 Å². The highest BCUT2D eigenvalue weighted by Gasteiger charge is 2.19. The predicted octanol–water partition coefficient (Wildman–Crippen LogP) is 20.2. The lowest BCUT2D eigenvalue weighted by atomic mass is 10.0.